The van der Waals surface area contributed by atoms with E-state index in [0.717, 1.165) is 31.6 Å². The molecule has 0 aromatic heterocycles. The molecule has 1 heterocycles. The van der Waals surface area contributed by atoms with Gasteiger partial charge in [0.15, 0.2) is 5.96 Å². The smallest absolute Gasteiger partial charge is 0.191 e. The summed E-state index contributed by atoms with van der Waals surface area (Å²) in [6, 6.07) is 18.5. The van der Waals surface area contributed by atoms with Crippen molar-refractivity contribution in [2.45, 2.75) is 31.9 Å². The molecule has 31 heavy (non-hydrogen) atoms. The molecule has 3 rings (SSSR count). The Morgan fingerprint density at radius 3 is 2.48 bits per heavy atom. The number of benzene rings is 2. The van der Waals surface area contributed by atoms with E-state index in [1.165, 1.54) is 11.1 Å². The summed E-state index contributed by atoms with van der Waals surface area (Å²) < 4.78 is 0. The topological polar surface area (TPSA) is 80.1 Å². The Bertz CT molecular complexity index is 803. The summed E-state index contributed by atoms with van der Waals surface area (Å²) in [5.74, 6) is 0.656. The van der Waals surface area contributed by atoms with E-state index in [1.807, 2.05) is 37.3 Å². The number of hydrogen-bond donors (Lipinski definition) is 4. The van der Waals surface area contributed by atoms with Crippen LogP contribution in [-0.2, 0) is 13.0 Å². The van der Waals surface area contributed by atoms with Crippen molar-refractivity contribution < 1.29 is 10.2 Å². The van der Waals surface area contributed by atoms with E-state index >= 15 is 0 Å². The number of β-amino-alcohol motifs (C(OH)–C–C–N with tert-alkyl or cyclic N) is 1. The van der Waals surface area contributed by atoms with Crippen LogP contribution in [0.15, 0.2) is 59.6 Å². The molecule has 1 aliphatic heterocycles. The lowest BCUT2D eigenvalue weighted by atomic mass is 10.00. The average Bonchev–Trinajstić information content (AvgIpc) is 2.78. The number of nitrogens with zero attached hydrogens (tertiary/aromatic N) is 2. The van der Waals surface area contributed by atoms with Gasteiger partial charge in [0.25, 0.3) is 0 Å². The zero-order chi connectivity index (χ0) is 21.2. The standard InChI is InChI=1S/C24H34N4O2.HI/c1-2-25-24(26-14-22(18-29)19-8-4-3-5-9-19)27-15-23(30)17-28-13-12-20-10-6-7-11-21(20)16-28;/h3-11,22-23,29-30H,2,12-18H2,1H3,(H2,25,26,27);1H. The van der Waals surface area contributed by atoms with Gasteiger partial charge in [-0.05, 0) is 30.0 Å². The number of guanidine groups is 1. The molecule has 4 N–H and O–H groups in total. The van der Waals surface area contributed by atoms with Crippen LogP contribution in [0.5, 0.6) is 0 Å². The van der Waals surface area contributed by atoms with Crippen molar-refractivity contribution >= 4 is 29.9 Å². The maximum absolute atomic E-state index is 10.5. The summed E-state index contributed by atoms with van der Waals surface area (Å²) in [4.78, 5) is 6.85. The summed E-state index contributed by atoms with van der Waals surface area (Å²) in [6.45, 7) is 6.18. The highest BCUT2D eigenvalue weighted by atomic mass is 127. The average molecular weight is 538 g/mol. The lowest BCUT2D eigenvalue weighted by molar-refractivity contribution is 0.111. The fraction of sp³-hybridized carbons (Fsp3) is 0.458. The number of aliphatic hydroxyl groups is 2. The molecule has 2 unspecified atom stereocenters. The van der Waals surface area contributed by atoms with Crippen LogP contribution in [-0.4, -0.2) is 66.5 Å². The van der Waals surface area contributed by atoms with Gasteiger partial charge in [0, 0.05) is 38.6 Å². The predicted molar refractivity (Wildman–Crippen MR) is 137 cm³/mol. The van der Waals surface area contributed by atoms with E-state index in [-0.39, 0.29) is 36.5 Å². The number of nitrogens with one attached hydrogen (secondary N) is 2. The van der Waals surface area contributed by atoms with Crippen LogP contribution >= 0.6 is 24.0 Å². The van der Waals surface area contributed by atoms with Crippen molar-refractivity contribution in [2.75, 3.05) is 39.3 Å². The lowest BCUT2D eigenvalue weighted by Crippen LogP contribution is -2.41. The Morgan fingerprint density at radius 2 is 1.77 bits per heavy atom. The van der Waals surface area contributed by atoms with E-state index in [1.54, 1.807) is 0 Å². The lowest BCUT2D eigenvalue weighted by Gasteiger charge is -2.30. The zero-order valence-corrected chi connectivity index (χ0v) is 20.5. The molecule has 2 aromatic rings. The molecule has 2 atom stereocenters. The number of aliphatic hydroxyl groups excluding tert-OH is 2. The molecule has 0 saturated carbocycles. The highest BCUT2D eigenvalue weighted by Gasteiger charge is 2.18. The quantitative estimate of drug-likeness (QED) is 0.224. The second-order valence-corrected chi connectivity index (χ2v) is 7.80. The molecule has 0 bridgehead atoms. The minimum absolute atomic E-state index is 0. The predicted octanol–water partition coefficient (Wildman–Crippen LogP) is 2.35. The first kappa shape index (κ1) is 25.6. The number of hydrogen-bond acceptors (Lipinski definition) is 4. The van der Waals surface area contributed by atoms with Crippen molar-refractivity contribution in [3.8, 4) is 0 Å². The van der Waals surface area contributed by atoms with Gasteiger partial charge in [-0.1, -0.05) is 54.6 Å². The van der Waals surface area contributed by atoms with Gasteiger partial charge in [0.1, 0.15) is 0 Å². The maximum atomic E-state index is 10.5. The molecule has 170 valence electrons. The van der Waals surface area contributed by atoms with Gasteiger partial charge in [0.05, 0.1) is 19.3 Å². The van der Waals surface area contributed by atoms with Gasteiger partial charge >= 0.3 is 0 Å². The minimum Gasteiger partial charge on any atom is -0.396 e. The van der Waals surface area contributed by atoms with Gasteiger partial charge < -0.3 is 20.8 Å². The Hall–Kier alpha value is -1.68. The van der Waals surface area contributed by atoms with Gasteiger partial charge in [-0.15, -0.1) is 24.0 Å². The maximum Gasteiger partial charge on any atom is 0.191 e. The third-order valence-corrected chi connectivity index (χ3v) is 5.49. The molecule has 7 heteroatoms. The Balaban J connectivity index is 0.00000341. The molecular weight excluding hydrogens is 503 g/mol. The van der Waals surface area contributed by atoms with Crippen molar-refractivity contribution in [1.82, 2.24) is 15.5 Å². The molecule has 0 amide bonds. The Morgan fingerprint density at radius 1 is 1.06 bits per heavy atom. The van der Waals surface area contributed by atoms with Crippen molar-refractivity contribution in [2.24, 2.45) is 4.99 Å². The van der Waals surface area contributed by atoms with Gasteiger partial charge in [-0.2, -0.15) is 0 Å². The van der Waals surface area contributed by atoms with Crippen molar-refractivity contribution in [1.29, 1.82) is 0 Å². The van der Waals surface area contributed by atoms with Crippen LogP contribution < -0.4 is 10.6 Å². The van der Waals surface area contributed by atoms with Crippen LogP contribution in [0, 0.1) is 0 Å². The van der Waals surface area contributed by atoms with Crippen LogP contribution in [0.1, 0.15) is 29.5 Å². The van der Waals surface area contributed by atoms with Gasteiger partial charge in [0.2, 0.25) is 0 Å². The molecule has 6 nitrogen and oxygen atoms in total. The first-order valence-corrected chi connectivity index (χ1v) is 10.8. The summed E-state index contributed by atoms with van der Waals surface area (Å²) >= 11 is 0. The summed E-state index contributed by atoms with van der Waals surface area (Å²) in [7, 11) is 0. The van der Waals surface area contributed by atoms with Crippen LogP contribution in [0.4, 0.5) is 0 Å². The fourth-order valence-corrected chi connectivity index (χ4v) is 3.84. The number of halogens is 1. The number of fused-ring (bicyclic) bond motifs is 1. The first-order valence-electron chi connectivity index (χ1n) is 10.8. The van der Waals surface area contributed by atoms with Gasteiger partial charge in [-0.25, -0.2) is 0 Å². The normalized spacial score (nSPS) is 16.0. The molecule has 0 fully saturated rings. The van der Waals surface area contributed by atoms with Crippen molar-refractivity contribution in [3.63, 3.8) is 0 Å². The fourth-order valence-electron chi connectivity index (χ4n) is 3.84. The summed E-state index contributed by atoms with van der Waals surface area (Å²) in [6.07, 6.45) is 0.506. The van der Waals surface area contributed by atoms with E-state index in [9.17, 15) is 10.2 Å². The molecule has 0 spiro atoms. The van der Waals surface area contributed by atoms with Crippen LogP contribution in [0.2, 0.25) is 0 Å². The molecule has 2 aromatic carbocycles. The monoisotopic (exact) mass is 538 g/mol. The zero-order valence-electron chi connectivity index (χ0n) is 18.2. The number of rotatable bonds is 9. The van der Waals surface area contributed by atoms with E-state index < -0.39 is 6.10 Å². The third kappa shape index (κ3) is 8.07. The summed E-state index contributed by atoms with van der Waals surface area (Å²) in [5, 5.41) is 26.8. The van der Waals surface area contributed by atoms with E-state index in [0.29, 0.717) is 25.6 Å². The Kier molecular flexibility index (Phi) is 11.3. The summed E-state index contributed by atoms with van der Waals surface area (Å²) in [5.41, 5.74) is 3.86. The molecular formula is C24H35IN4O2. The second-order valence-electron chi connectivity index (χ2n) is 7.80. The molecule has 1 aliphatic rings. The Labute approximate surface area is 202 Å². The van der Waals surface area contributed by atoms with Crippen LogP contribution in [0.25, 0.3) is 0 Å². The SMILES string of the molecule is CCNC(=NCC(O)CN1CCc2ccccc2C1)NCC(CO)c1ccccc1.I. The highest BCUT2D eigenvalue weighted by molar-refractivity contribution is 14.0. The van der Waals surface area contributed by atoms with E-state index in [2.05, 4.69) is 44.8 Å². The molecule has 0 radical (unpaired) electrons. The molecule has 0 aliphatic carbocycles. The highest BCUT2D eigenvalue weighted by Crippen LogP contribution is 2.18. The largest absolute Gasteiger partial charge is 0.396 e. The van der Waals surface area contributed by atoms with Crippen molar-refractivity contribution in [3.05, 3.63) is 71.3 Å². The van der Waals surface area contributed by atoms with Gasteiger partial charge in [-0.3, -0.25) is 9.89 Å². The molecule has 0 saturated heterocycles. The first-order chi connectivity index (χ1) is 14.7. The third-order valence-electron chi connectivity index (χ3n) is 5.49. The van der Waals surface area contributed by atoms with Crippen LogP contribution in [0.3, 0.4) is 0 Å². The number of aliphatic imine (C=N–C) groups is 1. The second kappa shape index (κ2) is 13.7. The van der Waals surface area contributed by atoms with E-state index in [4.69, 9.17) is 0 Å². The minimum atomic E-state index is -0.520.